The van der Waals surface area contributed by atoms with E-state index >= 15 is 0 Å². The van der Waals surface area contributed by atoms with Crippen LogP contribution in [0.3, 0.4) is 0 Å². The highest BCUT2D eigenvalue weighted by Gasteiger charge is 2.34. The summed E-state index contributed by atoms with van der Waals surface area (Å²) in [5, 5.41) is 12.1. The summed E-state index contributed by atoms with van der Waals surface area (Å²) in [6.45, 7) is 5.31. The summed E-state index contributed by atoms with van der Waals surface area (Å²) in [5.41, 5.74) is -0.0630. The Morgan fingerprint density at radius 2 is 1.64 bits per heavy atom. The molecular formula is C18H27NO5S. The molecule has 1 aromatic rings. The lowest BCUT2D eigenvalue weighted by atomic mass is 9.82. The number of hydrogen-bond acceptors (Lipinski definition) is 4. The molecule has 7 heteroatoms. The second-order valence-corrected chi connectivity index (χ2v) is 8.39. The van der Waals surface area contributed by atoms with Gasteiger partial charge in [-0.1, -0.05) is 32.9 Å². The average molecular weight is 369 g/mol. The molecule has 0 unspecified atom stereocenters. The third kappa shape index (κ3) is 5.56. The third-order valence-electron chi connectivity index (χ3n) is 4.73. The van der Waals surface area contributed by atoms with Crippen molar-refractivity contribution in [3.8, 4) is 0 Å². The van der Waals surface area contributed by atoms with E-state index in [0.717, 1.165) is 5.56 Å². The van der Waals surface area contributed by atoms with Crippen LogP contribution in [0.2, 0.25) is 0 Å². The molecule has 1 amide bonds. The lowest BCUT2D eigenvalue weighted by molar-refractivity contribution is -0.149. The van der Waals surface area contributed by atoms with Gasteiger partial charge in [0.15, 0.2) is 9.84 Å². The van der Waals surface area contributed by atoms with Gasteiger partial charge in [-0.2, -0.15) is 0 Å². The summed E-state index contributed by atoms with van der Waals surface area (Å²) >= 11 is 0. The predicted molar refractivity (Wildman–Crippen MR) is 96.2 cm³/mol. The van der Waals surface area contributed by atoms with E-state index in [-0.39, 0.29) is 29.5 Å². The Morgan fingerprint density at radius 1 is 1.08 bits per heavy atom. The Bertz CT molecular complexity index is 691. The van der Waals surface area contributed by atoms with Gasteiger partial charge < -0.3 is 10.4 Å². The fourth-order valence-electron chi connectivity index (χ4n) is 2.52. The van der Waals surface area contributed by atoms with Crippen molar-refractivity contribution in [2.24, 2.45) is 5.41 Å². The van der Waals surface area contributed by atoms with Crippen molar-refractivity contribution in [1.29, 1.82) is 0 Å². The van der Waals surface area contributed by atoms with Crippen LogP contribution in [-0.2, 0) is 25.8 Å². The van der Waals surface area contributed by atoms with Crippen molar-refractivity contribution in [2.75, 3.05) is 12.3 Å². The molecule has 6 nitrogen and oxygen atoms in total. The van der Waals surface area contributed by atoms with Crippen LogP contribution in [0, 0.1) is 5.41 Å². The normalized spacial score (nSPS) is 12.0. The third-order valence-corrected chi connectivity index (χ3v) is 6.48. The first kappa shape index (κ1) is 21.2. The molecule has 25 heavy (non-hydrogen) atoms. The molecule has 1 rings (SSSR count). The Morgan fingerprint density at radius 3 is 2.08 bits per heavy atom. The topological polar surface area (TPSA) is 101 Å². The fourth-order valence-corrected chi connectivity index (χ4v) is 3.41. The molecule has 0 aliphatic rings. The maximum Gasteiger partial charge on any atom is 0.311 e. The lowest BCUT2D eigenvalue weighted by Gasteiger charge is -2.26. The number of carboxylic acid groups (broad SMARTS) is 1. The van der Waals surface area contributed by atoms with E-state index in [9.17, 15) is 23.1 Å². The number of hydrogen-bond donors (Lipinski definition) is 2. The maximum absolute atomic E-state index is 12.0. The predicted octanol–water partition coefficient (Wildman–Crippen LogP) is 2.42. The van der Waals surface area contributed by atoms with E-state index in [1.165, 1.54) is 0 Å². The fraction of sp³-hybridized carbons (Fsp3) is 0.556. The Balaban J connectivity index is 2.58. The van der Waals surface area contributed by atoms with Crippen LogP contribution in [-0.4, -0.2) is 37.7 Å². The second-order valence-electron chi connectivity index (χ2n) is 6.12. The van der Waals surface area contributed by atoms with Gasteiger partial charge in [-0.25, -0.2) is 8.42 Å². The van der Waals surface area contributed by atoms with Crippen molar-refractivity contribution >= 4 is 21.7 Å². The number of carbonyl (C=O) groups excluding carboxylic acids is 1. The molecule has 0 saturated carbocycles. The van der Waals surface area contributed by atoms with Gasteiger partial charge in [0, 0.05) is 13.0 Å². The molecule has 0 fully saturated rings. The van der Waals surface area contributed by atoms with Crippen LogP contribution in [0.1, 0.15) is 45.6 Å². The van der Waals surface area contributed by atoms with Gasteiger partial charge in [-0.05, 0) is 37.0 Å². The molecule has 2 N–H and O–H groups in total. The largest absolute Gasteiger partial charge is 0.481 e. The van der Waals surface area contributed by atoms with Gasteiger partial charge >= 0.3 is 5.97 Å². The summed E-state index contributed by atoms with van der Waals surface area (Å²) in [6.07, 6.45) is 1.60. The Kier molecular flexibility index (Phi) is 7.60. The molecule has 0 radical (unpaired) electrons. The molecule has 0 atom stereocenters. The second kappa shape index (κ2) is 8.99. The van der Waals surface area contributed by atoms with E-state index in [1.807, 2.05) is 0 Å². The van der Waals surface area contributed by atoms with E-state index in [0.29, 0.717) is 19.3 Å². The first-order valence-electron chi connectivity index (χ1n) is 8.52. The van der Waals surface area contributed by atoms with Crippen molar-refractivity contribution in [3.63, 3.8) is 0 Å². The minimum atomic E-state index is -3.22. The van der Waals surface area contributed by atoms with Crippen LogP contribution in [0.4, 0.5) is 0 Å². The monoisotopic (exact) mass is 369 g/mol. The number of nitrogens with one attached hydrogen (secondary N) is 1. The zero-order valence-electron chi connectivity index (χ0n) is 15.0. The average Bonchev–Trinajstić information content (AvgIpc) is 2.61. The Labute approximate surface area is 149 Å². The molecule has 0 aromatic heterocycles. The zero-order chi connectivity index (χ0) is 19.1. The highest BCUT2D eigenvalue weighted by Crippen LogP contribution is 2.25. The molecule has 0 spiro atoms. The molecule has 0 saturated heterocycles. The van der Waals surface area contributed by atoms with Crippen LogP contribution in [0.25, 0.3) is 0 Å². The van der Waals surface area contributed by atoms with Crippen LogP contribution in [0.5, 0.6) is 0 Å². The van der Waals surface area contributed by atoms with Crippen molar-refractivity contribution in [3.05, 3.63) is 29.8 Å². The van der Waals surface area contributed by atoms with Gasteiger partial charge in [0.1, 0.15) is 0 Å². The number of carbonyl (C=O) groups is 2. The standard InChI is InChI=1S/C18H27NO5S/c1-4-18(5-2,17(21)22)13-19-16(20)12-9-14-7-10-15(11-8-14)25(23,24)6-3/h7-8,10-11H,4-6,9,12-13H2,1-3H3,(H,19,20)(H,21,22). The molecule has 0 bridgehead atoms. The van der Waals surface area contributed by atoms with E-state index in [2.05, 4.69) is 5.32 Å². The molecule has 140 valence electrons. The number of sulfone groups is 1. The summed E-state index contributed by atoms with van der Waals surface area (Å²) < 4.78 is 23.5. The van der Waals surface area contributed by atoms with Crippen LogP contribution < -0.4 is 5.32 Å². The first-order chi connectivity index (χ1) is 11.7. The molecule has 0 heterocycles. The van der Waals surface area contributed by atoms with Crippen LogP contribution >= 0.6 is 0 Å². The minimum Gasteiger partial charge on any atom is -0.481 e. The maximum atomic E-state index is 12.0. The van der Waals surface area contributed by atoms with Crippen molar-refractivity contribution in [2.45, 2.75) is 51.3 Å². The zero-order valence-corrected chi connectivity index (χ0v) is 15.9. The first-order valence-corrected chi connectivity index (χ1v) is 10.2. The highest BCUT2D eigenvalue weighted by atomic mass is 32.2. The number of amides is 1. The van der Waals surface area contributed by atoms with E-state index in [1.54, 1.807) is 45.0 Å². The number of aliphatic carboxylic acids is 1. The van der Waals surface area contributed by atoms with Crippen molar-refractivity contribution < 1.29 is 23.1 Å². The summed E-state index contributed by atoms with van der Waals surface area (Å²) in [4.78, 5) is 23.7. The number of benzene rings is 1. The molecule has 0 aliphatic heterocycles. The van der Waals surface area contributed by atoms with Crippen molar-refractivity contribution in [1.82, 2.24) is 5.32 Å². The molecular weight excluding hydrogens is 342 g/mol. The lowest BCUT2D eigenvalue weighted by Crippen LogP contribution is -2.42. The number of aryl methyl sites for hydroxylation is 1. The van der Waals surface area contributed by atoms with Gasteiger partial charge in [-0.3, -0.25) is 9.59 Å². The van der Waals surface area contributed by atoms with Gasteiger partial charge in [0.25, 0.3) is 0 Å². The van der Waals surface area contributed by atoms with Gasteiger partial charge in [-0.15, -0.1) is 0 Å². The highest BCUT2D eigenvalue weighted by molar-refractivity contribution is 7.91. The summed E-state index contributed by atoms with van der Waals surface area (Å²) in [7, 11) is -3.22. The molecule has 1 aromatic carbocycles. The SMILES string of the molecule is CCC(CC)(CNC(=O)CCc1ccc(S(=O)(=O)CC)cc1)C(=O)O. The summed E-state index contributed by atoms with van der Waals surface area (Å²) in [5.74, 6) is -1.06. The quantitative estimate of drug-likeness (QED) is 0.660. The summed E-state index contributed by atoms with van der Waals surface area (Å²) in [6, 6.07) is 6.51. The van der Waals surface area contributed by atoms with Gasteiger partial charge in [0.05, 0.1) is 16.1 Å². The number of carboxylic acids is 1. The molecule has 0 aliphatic carbocycles. The Hall–Kier alpha value is -1.89. The smallest absolute Gasteiger partial charge is 0.311 e. The van der Waals surface area contributed by atoms with E-state index < -0.39 is 21.2 Å². The van der Waals surface area contributed by atoms with Crippen LogP contribution in [0.15, 0.2) is 29.2 Å². The van der Waals surface area contributed by atoms with E-state index in [4.69, 9.17) is 0 Å². The van der Waals surface area contributed by atoms with Gasteiger partial charge in [0.2, 0.25) is 5.91 Å². The number of rotatable bonds is 10. The minimum absolute atomic E-state index is 0.0505.